The minimum absolute atomic E-state index is 0.176. The number of pyridine rings is 1. The molecule has 0 amide bonds. The molecule has 198 valence electrons. The number of hydrogen-bond donors (Lipinski definition) is 1. The Balaban J connectivity index is 1.41. The Bertz CT molecular complexity index is 1710. The van der Waals surface area contributed by atoms with Gasteiger partial charge in [-0.05, 0) is 68.6 Å². The molecule has 5 rings (SSSR count). The van der Waals surface area contributed by atoms with Gasteiger partial charge < -0.3 is 14.5 Å². The highest BCUT2D eigenvalue weighted by Crippen LogP contribution is 2.29. The fourth-order valence-electron chi connectivity index (χ4n) is 4.54. The lowest BCUT2D eigenvalue weighted by molar-refractivity contribution is 0.0522. The standard InChI is InChI=1S/C29H29N7O3/c1-18-25-13-19(9-10-27(25)36(34-18)28(37)39-29(2,3)4)20-11-22(16-31-14-20)38-23(17-33-35-30)12-21-15-32-26-8-6-5-7-24(21)26/h5-11,13-16,23,32H,12,17H2,1-4H3. The zero-order valence-corrected chi connectivity index (χ0v) is 22.3. The second-order valence-electron chi connectivity index (χ2n) is 10.3. The van der Waals surface area contributed by atoms with Crippen molar-refractivity contribution in [2.45, 2.75) is 45.8 Å². The summed E-state index contributed by atoms with van der Waals surface area (Å²) in [5.41, 5.74) is 13.5. The van der Waals surface area contributed by atoms with Crippen molar-refractivity contribution in [2.75, 3.05) is 6.54 Å². The van der Waals surface area contributed by atoms with Gasteiger partial charge in [0.1, 0.15) is 17.5 Å². The Labute approximate surface area is 225 Å². The summed E-state index contributed by atoms with van der Waals surface area (Å²) < 4.78 is 13.1. The van der Waals surface area contributed by atoms with E-state index < -0.39 is 11.7 Å². The molecule has 1 N–H and O–H groups in total. The van der Waals surface area contributed by atoms with Crippen LogP contribution in [0.5, 0.6) is 5.75 Å². The number of nitrogens with zero attached hydrogens (tertiary/aromatic N) is 6. The van der Waals surface area contributed by atoms with E-state index in [9.17, 15) is 4.79 Å². The van der Waals surface area contributed by atoms with Gasteiger partial charge in [0.25, 0.3) is 0 Å². The number of nitrogens with one attached hydrogen (secondary N) is 1. The Morgan fingerprint density at radius 3 is 2.74 bits per heavy atom. The molecule has 0 bridgehead atoms. The zero-order chi connectivity index (χ0) is 27.6. The molecule has 0 aliphatic carbocycles. The van der Waals surface area contributed by atoms with Crippen molar-refractivity contribution in [3.8, 4) is 16.9 Å². The predicted octanol–water partition coefficient (Wildman–Crippen LogP) is 6.97. The van der Waals surface area contributed by atoms with E-state index in [-0.39, 0.29) is 12.6 Å². The Morgan fingerprint density at radius 1 is 1.13 bits per heavy atom. The van der Waals surface area contributed by atoms with E-state index >= 15 is 0 Å². The number of benzene rings is 2. The van der Waals surface area contributed by atoms with Crippen molar-refractivity contribution in [1.82, 2.24) is 19.7 Å². The van der Waals surface area contributed by atoms with E-state index in [4.69, 9.17) is 15.0 Å². The molecule has 1 unspecified atom stereocenters. The molecule has 0 aliphatic rings. The van der Waals surface area contributed by atoms with Crippen molar-refractivity contribution in [1.29, 1.82) is 0 Å². The molecule has 10 nitrogen and oxygen atoms in total. The number of para-hydroxylation sites is 1. The van der Waals surface area contributed by atoms with Crippen LogP contribution in [0.1, 0.15) is 32.0 Å². The lowest BCUT2D eigenvalue weighted by atomic mass is 10.0. The van der Waals surface area contributed by atoms with Crippen molar-refractivity contribution in [3.05, 3.63) is 88.8 Å². The molecule has 3 heterocycles. The molecule has 0 spiro atoms. The third kappa shape index (κ3) is 5.71. The van der Waals surface area contributed by atoms with Crippen LogP contribution in [0.3, 0.4) is 0 Å². The van der Waals surface area contributed by atoms with Crippen LogP contribution >= 0.6 is 0 Å². The molecule has 10 heteroatoms. The van der Waals surface area contributed by atoms with Crippen LogP contribution in [0, 0.1) is 6.92 Å². The maximum atomic E-state index is 12.7. The fourth-order valence-corrected chi connectivity index (χ4v) is 4.54. The van der Waals surface area contributed by atoms with Gasteiger partial charge in [-0.15, -0.1) is 0 Å². The van der Waals surface area contributed by atoms with Gasteiger partial charge in [-0.25, -0.2) is 4.79 Å². The summed E-state index contributed by atoms with van der Waals surface area (Å²) in [4.78, 5) is 23.3. The molecule has 0 fully saturated rings. The van der Waals surface area contributed by atoms with Gasteiger partial charge in [0.15, 0.2) is 0 Å². The maximum absolute atomic E-state index is 12.7. The van der Waals surface area contributed by atoms with E-state index in [2.05, 4.69) is 31.2 Å². The molecular formula is C29H29N7O3. The number of H-pyrrole nitrogens is 1. The van der Waals surface area contributed by atoms with E-state index in [0.29, 0.717) is 23.4 Å². The summed E-state index contributed by atoms with van der Waals surface area (Å²) in [7, 11) is 0. The predicted molar refractivity (Wildman–Crippen MR) is 150 cm³/mol. The summed E-state index contributed by atoms with van der Waals surface area (Å²) in [5, 5.41) is 10.1. The number of carbonyl (C=O) groups is 1. The number of rotatable bonds is 7. The van der Waals surface area contributed by atoms with Crippen LogP contribution in [-0.2, 0) is 11.2 Å². The second kappa shape index (κ2) is 10.5. The van der Waals surface area contributed by atoms with Crippen LogP contribution in [0.25, 0.3) is 43.4 Å². The molecule has 39 heavy (non-hydrogen) atoms. The fraction of sp³-hybridized carbons (Fsp3) is 0.276. The summed E-state index contributed by atoms with van der Waals surface area (Å²) in [6, 6.07) is 15.7. The SMILES string of the molecule is Cc1nn(C(=O)OC(C)(C)C)c2ccc(-c3cncc(OC(CN=[N+]=[N-])Cc4c[nH]c5ccccc45)c3)cc12. The molecule has 1 atom stereocenters. The first kappa shape index (κ1) is 25.8. The first-order chi connectivity index (χ1) is 18.7. The maximum Gasteiger partial charge on any atom is 0.435 e. The number of fused-ring (bicyclic) bond motifs is 2. The van der Waals surface area contributed by atoms with Crippen LogP contribution in [0.4, 0.5) is 4.79 Å². The van der Waals surface area contributed by atoms with Gasteiger partial charge in [0.05, 0.1) is 24.0 Å². The number of aromatic nitrogens is 4. The van der Waals surface area contributed by atoms with Gasteiger partial charge in [-0.2, -0.15) is 9.78 Å². The summed E-state index contributed by atoms with van der Waals surface area (Å²) in [5.74, 6) is 0.562. The van der Waals surface area contributed by atoms with Crippen molar-refractivity contribution in [2.24, 2.45) is 5.11 Å². The van der Waals surface area contributed by atoms with Gasteiger partial charge in [-0.3, -0.25) is 4.98 Å². The van der Waals surface area contributed by atoms with Crippen molar-refractivity contribution < 1.29 is 14.3 Å². The van der Waals surface area contributed by atoms with E-state index in [1.807, 2.05) is 76.4 Å². The Hall–Kier alpha value is -4.82. The van der Waals surface area contributed by atoms with Crippen LogP contribution in [0.2, 0.25) is 0 Å². The largest absolute Gasteiger partial charge is 0.488 e. The number of carbonyl (C=O) groups excluding carboxylic acids is 1. The highest BCUT2D eigenvalue weighted by atomic mass is 16.6. The average Bonchev–Trinajstić information content (AvgIpc) is 3.47. The highest BCUT2D eigenvalue weighted by Gasteiger charge is 2.22. The normalized spacial score (nSPS) is 12.3. The van der Waals surface area contributed by atoms with Crippen LogP contribution in [-0.4, -0.2) is 44.1 Å². The van der Waals surface area contributed by atoms with Gasteiger partial charge in [-0.1, -0.05) is 29.4 Å². The van der Waals surface area contributed by atoms with E-state index in [1.54, 1.807) is 12.4 Å². The summed E-state index contributed by atoms with van der Waals surface area (Å²) in [6.07, 6.45) is 5.01. The van der Waals surface area contributed by atoms with Crippen molar-refractivity contribution in [3.63, 3.8) is 0 Å². The smallest absolute Gasteiger partial charge is 0.435 e. The first-order valence-electron chi connectivity index (χ1n) is 12.6. The van der Waals surface area contributed by atoms with Crippen LogP contribution < -0.4 is 4.74 Å². The number of aromatic amines is 1. The minimum Gasteiger partial charge on any atom is -0.488 e. The number of hydrogen-bond acceptors (Lipinski definition) is 6. The van der Waals surface area contributed by atoms with E-state index in [1.165, 1.54) is 4.68 Å². The molecule has 2 aromatic carbocycles. The summed E-state index contributed by atoms with van der Waals surface area (Å²) in [6.45, 7) is 7.50. The lowest BCUT2D eigenvalue weighted by Gasteiger charge is -2.19. The topological polar surface area (TPSA) is 131 Å². The monoisotopic (exact) mass is 523 g/mol. The third-order valence-electron chi connectivity index (χ3n) is 6.25. The summed E-state index contributed by atoms with van der Waals surface area (Å²) >= 11 is 0. The molecule has 0 aliphatic heterocycles. The third-order valence-corrected chi connectivity index (χ3v) is 6.25. The van der Waals surface area contributed by atoms with Gasteiger partial charge in [0.2, 0.25) is 0 Å². The molecule has 5 aromatic rings. The first-order valence-corrected chi connectivity index (χ1v) is 12.6. The number of aryl methyl sites for hydroxylation is 1. The zero-order valence-electron chi connectivity index (χ0n) is 22.3. The van der Waals surface area contributed by atoms with Gasteiger partial charge in [0, 0.05) is 45.6 Å². The second-order valence-corrected chi connectivity index (χ2v) is 10.3. The van der Waals surface area contributed by atoms with Gasteiger partial charge >= 0.3 is 6.09 Å². The molecule has 3 aromatic heterocycles. The number of ether oxygens (including phenoxy) is 2. The minimum atomic E-state index is -0.625. The lowest BCUT2D eigenvalue weighted by Crippen LogP contribution is -2.27. The Morgan fingerprint density at radius 2 is 1.95 bits per heavy atom. The molecule has 0 radical (unpaired) electrons. The highest BCUT2D eigenvalue weighted by molar-refractivity contribution is 5.92. The Kier molecular flexibility index (Phi) is 6.96. The van der Waals surface area contributed by atoms with E-state index in [0.717, 1.165) is 33.0 Å². The molecular weight excluding hydrogens is 494 g/mol. The molecule has 0 saturated carbocycles. The average molecular weight is 524 g/mol. The van der Waals surface area contributed by atoms with Crippen LogP contribution in [0.15, 0.2) is 72.2 Å². The van der Waals surface area contributed by atoms with Crippen molar-refractivity contribution >= 4 is 27.9 Å². The molecule has 0 saturated heterocycles. The quantitative estimate of drug-likeness (QED) is 0.140. The number of azide groups is 1.